The van der Waals surface area contributed by atoms with Crippen molar-refractivity contribution in [3.63, 3.8) is 0 Å². The Morgan fingerprint density at radius 1 is 1.08 bits per heavy atom. The van der Waals surface area contributed by atoms with E-state index in [0.29, 0.717) is 5.54 Å². The van der Waals surface area contributed by atoms with Crippen molar-refractivity contribution in [2.24, 2.45) is 11.8 Å². The van der Waals surface area contributed by atoms with Gasteiger partial charge in [-0.3, -0.25) is 0 Å². The third-order valence-corrected chi connectivity index (χ3v) is 3.93. The Balaban J connectivity index is 0.000000563. The van der Waals surface area contributed by atoms with Gasteiger partial charge in [-0.2, -0.15) is 0 Å². The van der Waals surface area contributed by atoms with Gasteiger partial charge < -0.3 is 5.32 Å². The minimum Gasteiger partial charge on any atom is -0.309 e. The lowest BCUT2D eigenvalue weighted by atomic mass is 9.60. The summed E-state index contributed by atoms with van der Waals surface area (Å²) in [5.74, 6) is 2.16. The molecule has 1 N–H and O–H groups in total. The van der Waals surface area contributed by atoms with E-state index in [4.69, 9.17) is 0 Å². The molecule has 2 saturated heterocycles. The third-order valence-electron chi connectivity index (χ3n) is 3.93. The highest BCUT2D eigenvalue weighted by Gasteiger charge is 2.47. The highest BCUT2D eigenvalue weighted by atomic mass is 35.5. The second kappa shape index (κ2) is 2.62. The Kier molecular flexibility index (Phi) is 1.93. The summed E-state index contributed by atoms with van der Waals surface area (Å²) in [6.45, 7) is 2.43. The zero-order valence-corrected chi connectivity index (χ0v) is 8.49. The molecule has 0 aromatic rings. The Morgan fingerprint density at radius 3 is 2.08 bits per heavy atom. The van der Waals surface area contributed by atoms with Crippen LogP contribution >= 0.6 is 12.4 Å². The van der Waals surface area contributed by atoms with E-state index in [1.54, 1.807) is 6.42 Å². The topological polar surface area (TPSA) is 12.0 Å². The van der Waals surface area contributed by atoms with Gasteiger partial charge in [-0.15, -0.1) is 12.4 Å². The van der Waals surface area contributed by atoms with Gasteiger partial charge in [0.25, 0.3) is 0 Å². The second-order valence-electron chi connectivity index (χ2n) is 5.25. The van der Waals surface area contributed by atoms with Crippen LogP contribution in [0, 0.1) is 11.8 Å². The van der Waals surface area contributed by atoms with Gasteiger partial charge in [0.15, 0.2) is 0 Å². The van der Waals surface area contributed by atoms with Crippen LogP contribution in [0.1, 0.15) is 39.0 Å². The monoisotopic (exact) mass is 187 g/mol. The van der Waals surface area contributed by atoms with Crippen molar-refractivity contribution in [3.8, 4) is 0 Å². The van der Waals surface area contributed by atoms with Crippen LogP contribution in [0.5, 0.6) is 0 Å². The molecule has 2 aliphatic carbocycles. The SMILES string of the molecule is CC12CC3CC(CC(C3)N1)C2.Cl. The molecule has 4 aliphatic rings. The van der Waals surface area contributed by atoms with Gasteiger partial charge in [0, 0.05) is 11.6 Å². The van der Waals surface area contributed by atoms with Crippen LogP contribution in [0.15, 0.2) is 0 Å². The van der Waals surface area contributed by atoms with E-state index >= 15 is 0 Å². The van der Waals surface area contributed by atoms with Crippen molar-refractivity contribution < 1.29 is 0 Å². The van der Waals surface area contributed by atoms with Gasteiger partial charge >= 0.3 is 0 Å². The van der Waals surface area contributed by atoms with E-state index in [1.807, 2.05) is 0 Å². The molecule has 12 heavy (non-hydrogen) atoms. The molecule has 2 saturated carbocycles. The normalized spacial score (nSPS) is 55.2. The zero-order chi connectivity index (χ0) is 7.47. The molecule has 0 radical (unpaired) electrons. The lowest BCUT2D eigenvalue weighted by Gasteiger charge is -2.56. The largest absolute Gasteiger partial charge is 0.309 e. The van der Waals surface area contributed by atoms with E-state index in [0.717, 1.165) is 17.9 Å². The number of hydrogen-bond donors (Lipinski definition) is 1. The van der Waals surface area contributed by atoms with Crippen molar-refractivity contribution in [1.82, 2.24) is 5.32 Å². The molecule has 0 aromatic carbocycles. The van der Waals surface area contributed by atoms with Crippen molar-refractivity contribution in [2.45, 2.75) is 50.6 Å². The summed E-state index contributed by atoms with van der Waals surface area (Å²) in [6, 6.07) is 0.895. The molecular weight excluding hydrogens is 170 g/mol. The van der Waals surface area contributed by atoms with Crippen molar-refractivity contribution >= 4 is 12.4 Å². The molecule has 2 unspecified atom stereocenters. The van der Waals surface area contributed by atoms with Crippen LogP contribution in [0.25, 0.3) is 0 Å². The Labute approximate surface area is 80.7 Å². The molecule has 0 amide bonds. The van der Waals surface area contributed by atoms with E-state index in [9.17, 15) is 0 Å². The first-order chi connectivity index (χ1) is 5.23. The van der Waals surface area contributed by atoms with Gasteiger partial charge in [-0.1, -0.05) is 0 Å². The van der Waals surface area contributed by atoms with Crippen molar-refractivity contribution in [3.05, 3.63) is 0 Å². The quantitative estimate of drug-likeness (QED) is 0.614. The van der Waals surface area contributed by atoms with Gasteiger partial charge in [0.05, 0.1) is 0 Å². The molecule has 4 bridgehead atoms. The fourth-order valence-corrected chi connectivity index (χ4v) is 3.98. The first kappa shape index (κ1) is 8.83. The van der Waals surface area contributed by atoms with E-state index in [-0.39, 0.29) is 12.4 Å². The average molecular weight is 188 g/mol. The first-order valence-electron chi connectivity index (χ1n) is 5.01. The summed E-state index contributed by atoms with van der Waals surface area (Å²) in [6.07, 6.45) is 7.42. The maximum absolute atomic E-state index is 3.79. The standard InChI is InChI=1S/C10H17N.ClH/c1-10-5-7-2-8(6-10)4-9(3-7)11-10;/h7-9,11H,2-6H2,1H3;1H. The Morgan fingerprint density at radius 2 is 1.67 bits per heavy atom. The molecule has 0 spiro atoms. The number of hydrogen-bond acceptors (Lipinski definition) is 1. The fraction of sp³-hybridized carbons (Fsp3) is 1.00. The first-order valence-corrected chi connectivity index (χ1v) is 5.01. The summed E-state index contributed by atoms with van der Waals surface area (Å²) in [5, 5.41) is 3.79. The van der Waals surface area contributed by atoms with E-state index in [2.05, 4.69) is 12.2 Å². The summed E-state index contributed by atoms with van der Waals surface area (Å²) in [5.41, 5.74) is 0.550. The molecular formula is C10H18ClN. The Hall–Kier alpha value is 0.250. The molecule has 4 fully saturated rings. The highest BCUT2D eigenvalue weighted by Crippen LogP contribution is 2.49. The molecule has 2 atom stereocenters. The summed E-state index contributed by atoms with van der Waals surface area (Å²) >= 11 is 0. The Bertz CT molecular complexity index is 155. The lowest BCUT2D eigenvalue weighted by Crippen LogP contribution is -2.62. The van der Waals surface area contributed by atoms with Gasteiger partial charge in [0.2, 0.25) is 0 Å². The van der Waals surface area contributed by atoms with Crippen LogP contribution in [0.2, 0.25) is 0 Å². The summed E-state index contributed by atoms with van der Waals surface area (Å²) in [4.78, 5) is 0. The maximum atomic E-state index is 3.79. The van der Waals surface area contributed by atoms with Crippen LogP contribution in [0.3, 0.4) is 0 Å². The zero-order valence-electron chi connectivity index (χ0n) is 7.68. The summed E-state index contributed by atoms with van der Waals surface area (Å²) < 4.78 is 0. The van der Waals surface area contributed by atoms with Crippen molar-refractivity contribution in [2.75, 3.05) is 0 Å². The number of nitrogens with one attached hydrogen (secondary N) is 1. The number of halogens is 1. The fourth-order valence-electron chi connectivity index (χ4n) is 3.98. The van der Waals surface area contributed by atoms with Crippen LogP contribution in [-0.2, 0) is 0 Å². The predicted octanol–water partition coefficient (Wildman–Crippen LogP) is 2.35. The van der Waals surface area contributed by atoms with Gasteiger partial charge in [0.1, 0.15) is 0 Å². The average Bonchev–Trinajstić information content (AvgIpc) is 1.79. The molecule has 2 aliphatic heterocycles. The highest BCUT2D eigenvalue weighted by molar-refractivity contribution is 5.85. The molecule has 70 valence electrons. The van der Waals surface area contributed by atoms with Crippen molar-refractivity contribution in [1.29, 1.82) is 0 Å². The lowest BCUT2D eigenvalue weighted by molar-refractivity contribution is 0.00775. The molecule has 0 aromatic heterocycles. The summed E-state index contributed by atoms with van der Waals surface area (Å²) in [7, 11) is 0. The van der Waals surface area contributed by atoms with Gasteiger partial charge in [-0.25, -0.2) is 0 Å². The minimum atomic E-state index is 0. The van der Waals surface area contributed by atoms with Crippen LogP contribution < -0.4 is 5.32 Å². The van der Waals surface area contributed by atoms with E-state index in [1.165, 1.54) is 25.7 Å². The minimum absolute atomic E-state index is 0. The van der Waals surface area contributed by atoms with Crippen LogP contribution in [0.4, 0.5) is 0 Å². The van der Waals surface area contributed by atoms with E-state index < -0.39 is 0 Å². The second-order valence-corrected chi connectivity index (χ2v) is 5.25. The maximum Gasteiger partial charge on any atom is 0.0161 e. The molecule has 1 nitrogen and oxygen atoms in total. The third kappa shape index (κ3) is 1.18. The molecule has 4 rings (SSSR count). The predicted molar refractivity (Wildman–Crippen MR) is 52.6 cm³/mol. The smallest absolute Gasteiger partial charge is 0.0161 e. The van der Waals surface area contributed by atoms with Gasteiger partial charge in [-0.05, 0) is 50.9 Å². The molecule has 2 heteroatoms. The van der Waals surface area contributed by atoms with Crippen LogP contribution in [-0.4, -0.2) is 11.6 Å². The number of piperidine rings is 2. The molecule has 2 heterocycles. The number of rotatable bonds is 0.